The third-order valence-corrected chi connectivity index (χ3v) is 4.12. The molecule has 2 aromatic heterocycles. The van der Waals surface area contributed by atoms with Gasteiger partial charge in [0.1, 0.15) is 17.3 Å². The molecular formula is C17H14FN5O4. The van der Waals surface area contributed by atoms with E-state index in [1.165, 1.54) is 12.1 Å². The van der Waals surface area contributed by atoms with E-state index >= 15 is 0 Å². The van der Waals surface area contributed by atoms with Gasteiger partial charge in [0, 0.05) is 19.2 Å². The summed E-state index contributed by atoms with van der Waals surface area (Å²) >= 11 is 0. The van der Waals surface area contributed by atoms with Crippen LogP contribution >= 0.6 is 0 Å². The fraction of sp³-hybridized carbons (Fsp3) is 0.235. The maximum absolute atomic E-state index is 14.2. The van der Waals surface area contributed by atoms with Crippen LogP contribution in [0.1, 0.15) is 0 Å². The number of morpholine rings is 1. The summed E-state index contributed by atoms with van der Waals surface area (Å²) in [6.07, 6.45) is 0. The second kappa shape index (κ2) is 7.08. The molecule has 3 aromatic rings. The van der Waals surface area contributed by atoms with E-state index in [0.29, 0.717) is 18.9 Å². The molecule has 0 saturated carbocycles. The predicted octanol–water partition coefficient (Wildman–Crippen LogP) is 2.68. The Kier molecular flexibility index (Phi) is 4.47. The van der Waals surface area contributed by atoms with Crippen molar-refractivity contribution < 1.29 is 18.6 Å². The zero-order chi connectivity index (χ0) is 18.8. The summed E-state index contributed by atoms with van der Waals surface area (Å²) in [7, 11) is 0. The second-order valence-electron chi connectivity index (χ2n) is 5.82. The molecule has 0 amide bonds. The maximum Gasteiger partial charge on any atom is 0.276 e. The fourth-order valence-corrected chi connectivity index (χ4v) is 2.75. The van der Waals surface area contributed by atoms with Crippen molar-refractivity contribution in [3.8, 4) is 23.0 Å². The lowest BCUT2D eigenvalue weighted by Gasteiger charge is -2.27. The van der Waals surface area contributed by atoms with Crippen LogP contribution in [0.15, 0.2) is 40.9 Å². The normalized spacial score (nSPS) is 14.3. The number of nitrogens with zero attached hydrogens (tertiary/aromatic N) is 5. The Morgan fingerprint density at radius 2 is 1.96 bits per heavy atom. The SMILES string of the molecule is O=[N+]([O-])c1ccc(-c2noc(-c3cccc(N4CCOCC4)n3)n2)c(F)c1. The quantitative estimate of drug-likeness (QED) is 0.509. The molecule has 138 valence electrons. The van der Waals surface area contributed by atoms with E-state index in [1.54, 1.807) is 6.07 Å². The highest BCUT2D eigenvalue weighted by Crippen LogP contribution is 2.27. The second-order valence-corrected chi connectivity index (χ2v) is 5.82. The van der Waals surface area contributed by atoms with Crippen molar-refractivity contribution in [3.63, 3.8) is 0 Å². The van der Waals surface area contributed by atoms with Crippen LogP contribution < -0.4 is 4.90 Å². The van der Waals surface area contributed by atoms with Gasteiger partial charge in [-0.05, 0) is 18.2 Å². The van der Waals surface area contributed by atoms with Gasteiger partial charge in [-0.2, -0.15) is 4.98 Å². The van der Waals surface area contributed by atoms with Gasteiger partial charge in [-0.3, -0.25) is 10.1 Å². The number of ether oxygens (including phenoxy) is 1. The van der Waals surface area contributed by atoms with Crippen molar-refractivity contribution in [2.45, 2.75) is 0 Å². The largest absolute Gasteiger partial charge is 0.378 e. The molecular weight excluding hydrogens is 357 g/mol. The summed E-state index contributed by atoms with van der Waals surface area (Å²) in [5.74, 6) is 0.0949. The molecule has 0 unspecified atom stereocenters. The van der Waals surface area contributed by atoms with Crippen molar-refractivity contribution in [1.82, 2.24) is 15.1 Å². The summed E-state index contributed by atoms with van der Waals surface area (Å²) < 4.78 is 24.7. The van der Waals surface area contributed by atoms with E-state index < -0.39 is 10.7 Å². The molecule has 0 aliphatic carbocycles. The Hall–Kier alpha value is -3.40. The smallest absolute Gasteiger partial charge is 0.276 e. The molecule has 3 heterocycles. The summed E-state index contributed by atoms with van der Waals surface area (Å²) in [6.45, 7) is 2.74. The van der Waals surface area contributed by atoms with Crippen LogP contribution in [0.25, 0.3) is 23.0 Å². The molecule has 0 atom stereocenters. The van der Waals surface area contributed by atoms with Gasteiger partial charge in [-0.15, -0.1) is 0 Å². The molecule has 4 rings (SSSR count). The molecule has 10 heteroatoms. The number of hydrogen-bond donors (Lipinski definition) is 0. The Morgan fingerprint density at radius 1 is 1.15 bits per heavy atom. The van der Waals surface area contributed by atoms with Gasteiger partial charge >= 0.3 is 0 Å². The van der Waals surface area contributed by atoms with E-state index in [0.717, 1.165) is 25.0 Å². The van der Waals surface area contributed by atoms with E-state index in [4.69, 9.17) is 9.26 Å². The molecule has 0 spiro atoms. The molecule has 1 aliphatic rings. The van der Waals surface area contributed by atoms with Gasteiger partial charge < -0.3 is 14.2 Å². The topological polar surface area (TPSA) is 107 Å². The Morgan fingerprint density at radius 3 is 2.70 bits per heavy atom. The number of non-ortho nitro benzene ring substituents is 1. The van der Waals surface area contributed by atoms with Gasteiger partial charge in [-0.25, -0.2) is 9.37 Å². The number of nitro groups is 1. The highest BCUT2D eigenvalue weighted by atomic mass is 19.1. The van der Waals surface area contributed by atoms with Crippen LogP contribution in [0.2, 0.25) is 0 Å². The van der Waals surface area contributed by atoms with E-state index in [-0.39, 0.29) is 23.0 Å². The first-order valence-corrected chi connectivity index (χ1v) is 8.20. The summed E-state index contributed by atoms with van der Waals surface area (Å²) in [4.78, 5) is 20.8. The van der Waals surface area contributed by atoms with Gasteiger partial charge in [0.15, 0.2) is 0 Å². The lowest BCUT2D eigenvalue weighted by Crippen LogP contribution is -2.36. The lowest BCUT2D eigenvalue weighted by molar-refractivity contribution is -0.385. The molecule has 1 fully saturated rings. The Balaban J connectivity index is 1.62. The minimum Gasteiger partial charge on any atom is -0.378 e. The van der Waals surface area contributed by atoms with Crippen LogP contribution in [-0.4, -0.2) is 46.4 Å². The van der Waals surface area contributed by atoms with Crippen LogP contribution in [-0.2, 0) is 4.74 Å². The van der Waals surface area contributed by atoms with Gasteiger partial charge in [0.2, 0.25) is 5.82 Å². The zero-order valence-corrected chi connectivity index (χ0v) is 14.0. The predicted molar refractivity (Wildman–Crippen MR) is 92.6 cm³/mol. The van der Waals surface area contributed by atoms with Gasteiger partial charge in [0.05, 0.1) is 29.8 Å². The van der Waals surface area contributed by atoms with Crippen LogP contribution in [0.4, 0.5) is 15.9 Å². The minimum atomic E-state index is -0.799. The first kappa shape index (κ1) is 17.0. The molecule has 1 aromatic carbocycles. The molecule has 0 N–H and O–H groups in total. The number of pyridine rings is 1. The van der Waals surface area contributed by atoms with E-state index in [1.807, 2.05) is 12.1 Å². The number of aromatic nitrogens is 3. The van der Waals surface area contributed by atoms with E-state index in [2.05, 4.69) is 20.0 Å². The van der Waals surface area contributed by atoms with Gasteiger partial charge in [-0.1, -0.05) is 11.2 Å². The number of halogens is 1. The third-order valence-electron chi connectivity index (χ3n) is 4.12. The summed E-state index contributed by atoms with van der Waals surface area (Å²) in [5, 5.41) is 14.5. The summed E-state index contributed by atoms with van der Waals surface area (Å²) in [6, 6.07) is 8.67. The van der Waals surface area contributed by atoms with Crippen molar-refractivity contribution in [3.05, 3.63) is 52.3 Å². The van der Waals surface area contributed by atoms with Crippen molar-refractivity contribution in [1.29, 1.82) is 0 Å². The van der Waals surface area contributed by atoms with Crippen molar-refractivity contribution in [2.24, 2.45) is 0 Å². The van der Waals surface area contributed by atoms with E-state index in [9.17, 15) is 14.5 Å². The van der Waals surface area contributed by atoms with Crippen molar-refractivity contribution >= 4 is 11.5 Å². The maximum atomic E-state index is 14.2. The first-order valence-electron chi connectivity index (χ1n) is 8.20. The number of nitro benzene ring substituents is 1. The fourth-order valence-electron chi connectivity index (χ4n) is 2.75. The average molecular weight is 371 g/mol. The molecule has 0 radical (unpaired) electrons. The highest BCUT2D eigenvalue weighted by Gasteiger charge is 2.19. The third kappa shape index (κ3) is 3.47. The Labute approximate surface area is 152 Å². The molecule has 9 nitrogen and oxygen atoms in total. The van der Waals surface area contributed by atoms with Crippen LogP contribution in [0.5, 0.6) is 0 Å². The standard InChI is InChI=1S/C17H14FN5O4/c18-13-10-11(23(24)25)4-5-12(13)16-20-17(27-21-16)14-2-1-3-15(19-14)22-6-8-26-9-7-22/h1-5,10H,6-9H2. The molecule has 1 saturated heterocycles. The highest BCUT2D eigenvalue weighted by molar-refractivity contribution is 5.61. The monoisotopic (exact) mass is 371 g/mol. The first-order chi connectivity index (χ1) is 13.1. The van der Waals surface area contributed by atoms with Crippen LogP contribution in [0.3, 0.4) is 0 Å². The number of benzene rings is 1. The Bertz CT molecular complexity index is 987. The lowest BCUT2D eigenvalue weighted by atomic mass is 10.2. The zero-order valence-electron chi connectivity index (χ0n) is 14.0. The molecule has 0 bridgehead atoms. The number of anilines is 1. The summed E-state index contributed by atoms with van der Waals surface area (Å²) in [5.41, 5.74) is 0.125. The number of hydrogen-bond acceptors (Lipinski definition) is 8. The van der Waals surface area contributed by atoms with Crippen LogP contribution in [0, 0.1) is 15.9 Å². The van der Waals surface area contributed by atoms with Gasteiger partial charge in [0.25, 0.3) is 11.6 Å². The average Bonchev–Trinajstić information content (AvgIpc) is 3.18. The molecule has 27 heavy (non-hydrogen) atoms. The van der Waals surface area contributed by atoms with Crippen molar-refractivity contribution in [2.75, 3.05) is 31.2 Å². The number of rotatable bonds is 4. The molecule has 1 aliphatic heterocycles. The minimum absolute atomic E-state index is 0.00373.